The van der Waals surface area contributed by atoms with Gasteiger partial charge in [0.25, 0.3) is 0 Å². The maximum atomic E-state index is 10.4. The second kappa shape index (κ2) is 11.6. The van der Waals surface area contributed by atoms with Gasteiger partial charge in [-0.05, 0) is 33.2 Å². The Labute approximate surface area is 175 Å². The first-order valence-corrected chi connectivity index (χ1v) is 9.19. The van der Waals surface area contributed by atoms with Crippen LogP contribution in [-0.2, 0) is 9.59 Å². The first-order valence-electron chi connectivity index (χ1n) is 9.19. The lowest BCUT2D eigenvalue weighted by Gasteiger charge is -2.00. The highest BCUT2D eigenvalue weighted by Crippen LogP contribution is 2.19. The van der Waals surface area contributed by atoms with Gasteiger partial charge in [-0.1, -0.05) is 97.6 Å². The van der Waals surface area contributed by atoms with Crippen LogP contribution in [-0.4, -0.2) is 22.2 Å². The Hall–Kier alpha value is -4.18. The average molecular weight is 398 g/mol. The number of benzene rings is 4. The Morgan fingerprint density at radius 1 is 0.633 bits per heavy atom. The van der Waals surface area contributed by atoms with Crippen molar-refractivity contribution in [3.8, 4) is 0 Å². The molecule has 0 aliphatic heterocycles. The summed E-state index contributed by atoms with van der Waals surface area (Å²) in [5, 5.41) is 21.0. The summed E-state index contributed by atoms with van der Waals surface area (Å²) >= 11 is 0. The van der Waals surface area contributed by atoms with Crippen LogP contribution in [0.15, 0.2) is 110 Å². The third kappa shape index (κ3) is 7.09. The van der Waals surface area contributed by atoms with E-state index in [1.807, 2.05) is 42.5 Å². The number of aliphatic carboxylic acids is 2. The molecule has 0 radical (unpaired) electrons. The molecule has 150 valence electrons. The molecule has 0 unspecified atom stereocenters. The summed E-state index contributed by atoms with van der Waals surface area (Å²) in [7, 11) is 0. The van der Waals surface area contributed by atoms with Gasteiger partial charge >= 0.3 is 11.9 Å². The van der Waals surface area contributed by atoms with E-state index in [4.69, 9.17) is 10.2 Å². The van der Waals surface area contributed by atoms with E-state index in [1.54, 1.807) is 6.08 Å². The predicted octanol–water partition coefficient (Wildman–Crippen LogP) is 6.03. The molecule has 0 aromatic heterocycles. The third-order valence-corrected chi connectivity index (χ3v) is 4.06. The summed E-state index contributed by atoms with van der Waals surface area (Å²) in [6, 6.07) is 30.4. The lowest BCUT2D eigenvalue weighted by Crippen LogP contribution is -1.86. The fourth-order valence-electron chi connectivity index (χ4n) is 2.69. The second-order valence-corrected chi connectivity index (χ2v) is 6.13. The molecule has 0 aliphatic carbocycles. The fraction of sp³-hybridized carbons (Fsp3) is 0. The van der Waals surface area contributed by atoms with Gasteiger partial charge in [-0.3, -0.25) is 0 Å². The summed E-state index contributed by atoms with van der Waals surface area (Å²) < 4.78 is 0. The molecule has 2 N–H and O–H groups in total. The van der Waals surface area contributed by atoms with Crippen molar-refractivity contribution >= 4 is 39.6 Å². The van der Waals surface area contributed by atoms with Gasteiger partial charge in [0.15, 0.2) is 0 Å². The molecule has 4 heteroatoms. The second-order valence-electron chi connectivity index (χ2n) is 6.13. The number of carbonyl (C=O) groups is 2. The van der Waals surface area contributed by atoms with Crippen LogP contribution in [0.4, 0.5) is 0 Å². The minimum absolute atomic E-state index is 0.833. The maximum Gasteiger partial charge on any atom is 0.328 e. The smallest absolute Gasteiger partial charge is 0.328 e. The van der Waals surface area contributed by atoms with E-state index in [9.17, 15) is 9.59 Å². The van der Waals surface area contributed by atoms with Crippen LogP contribution in [0.25, 0.3) is 27.6 Å². The normalized spacial score (nSPS) is 9.87. The van der Waals surface area contributed by atoms with Gasteiger partial charge < -0.3 is 10.2 Å². The van der Waals surface area contributed by atoms with Crippen LogP contribution in [0.2, 0.25) is 0 Å². The third-order valence-electron chi connectivity index (χ3n) is 4.06. The van der Waals surface area contributed by atoms with E-state index >= 15 is 0 Å². The van der Waals surface area contributed by atoms with Crippen LogP contribution in [0.1, 0.15) is 5.56 Å². The summed E-state index contributed by atoms with van der Waals surface area (Å²) in [6.45, 7) is 2.96. The highest BCUT2D eigenvalue weighted by atomic mass is 16.4. The number of hydrogen-bond donors (Lipinski definition) is 2. The molecule has 0 spiro atoms. The van der Waals surface area contributed by atoms with E-state index < -0.39 is 11.9 Å². The van der Waals surface area contributed by atoms with E-state index in [0.717, 1.165) is 28.5 Å². The maximum absolute atomic E-state index is 10.4. The molecule has 0 heterocycles. The molecule has 30 heavy (non-hydrogen) atoms. The molecule has 4 aromatic carbocycles. The summed E-state index contributed by atoms with van der Waals surface area (Å²) in [6.07, 6.45) is 3.60. The highest BCUT2D eigenvalue weighted by Gasteiger charge is 1.96. The Kier molecular flexibility index (Phi) is 8.56. The van der Waals surface area contributed by atoms with Crippen molar-refractivity contribution in [1.29, 1.82) is 0 Å². The molecule has 0 atom stereocenters. The minimum Gasteiger partial charge on any atom is -0.478 e. The Morgan fingerprint density at radius 2 is 1.07 bits per heavy atom. The molecule has 0 aliphatic rings. The molecule has 4 rings (SSSR count). The van der Waals surface area contributed by atoms with Gasteiger partial charge in [0.1, 0.15) is 0 Å². The van der Waals surface area contributed by atoms with Crippen molar-refractivity contribution in [3.63, 3.8) is 0 Å². The van der Waals surface area contributed by atoms with Crippen molar-refractivity contribution < 1.29 is 19.8 Å². The molecule has 0 amide bonds. The summed E-state index contributed by atoms with van der Waals surface area (Å²) in [5.74, 6) is -1.91. The van der Waals surface area contributed by atoms with Crippen LogP contribution in [0.5, 0.6) is 0 Å². The van der Waals surface area contributed by atoms with E-state index in [0.29, 0.717) is 0 Å². The van der Waals surface area contributed by atoms with E-state index in [2.05, 4.69) is 55.1 Å². The van der Waals surface area contributed by atoms with Crippen molar-refractivity contribution in [1.82, 2.24) is 0 Å². The van der Waals surface area contributed by atoms with Gasteiger partial charge in [-0.2, -0.15) is 0 Å². The van der Waals surface area contributed by atoms with Crippen molar-refractivity contribution in [2.24, 2.45) is 0 Å². The van der Waals surface area contributed by atoms with Gasteiger partial charge in [-0.25, -0.2) is 9.59 Å². The Bertz CT molecular complexity index is 1100. The van der Waals surface area contributed by atoms with Crippen molar-refractivity contribution in [2.75, 3.05) is 0 Å². The lowest BCUT2D eigenvalue weighted by molar-refractivity contribution is -0.132. The predicted molar refractivity (Wildman–Crippen MR) is 122 cm³/mol. The van der Waals surface area contributed by atoms with Crippen LogP contribution in [0.3, 0.4) is 0 Å². The number of hydrogen-bond acceptors (Lipinski definition) is 2. The molecular formula is C26H22O4. The molecule has 0 fully saturated rings. The molecule has 4 nitrogen and oxygen atoms in total. The number of fused-ring (bicyclic) bond motifs is 2. The van der Waals surface area contributed by atoms with Crippen LogP contribution in [0, 0.1) is 0 Å². The van der Waals surface area contributed by atoms with Crippen molar-refractivity contribution in [2.45, 2.75) is 0 Å². The van der Waals surface area contributed by atoms with Crippen LogP contribution >= 0.6 is 0 Å². The minimum atomic E-state index is -0.981. The zero-order valence-corrected chi connectivity index (χ0v) is 16.3. The number of carboxylic acids is 2. The first kappa shape index (κ1) is 22.1. The zero-order valence-electron chi connectivity index (χ0n) is 16.3. The SMILES string of the molecule is C=CC(=O)O.O=C(O)C=Cc1cccc2ccccc12.c1ccc2ccccc2c1. The quantitative estimate of drug-likeness (QED) is 0.413. The molecule has 0 bridgehead atoms. The monoisotopic (exact) mass is 398 g/mol. The lowest BCUT2D eigenvalue weighted by atomic mass is 10.0. The van der Waals surface area contributed by atoms with Gasteiger partial charge in [0, 0.05) is 12.2 Å². The molecule has 4 aromatic rings. The first-order chi connectivity index (χ1) is 14.5. The van der Waals surface area contributed by atoms with Gasteiger partial charge in [0.05, 0.1) is 0 Å². The largest absolute Gasteiger partial charge is 0.478 e. The molecule has 0 saturated heterocycles. The highest BCUT2D eigenvalue weighted by molar-refractivity contribution is 5.94. The fourth-order valence-corrected chi connectivity index (χ4v) is 2.69. The standard InChI is InChI=1S/C13H10O2.C10H8.C3H4O2/c14-13(15)9-8-11-6-3-5-10-4-1-2-7-12(10)11;1-2-6-10-8-4-3-7-9(10)5-1;1-2-3(4)5/h1-9H,(H,14,15);1-8H;2H,1H2,(H,4,5). The Balaban J connectivity index is 0.000000184. The number of rotatable bonds is 3. The number of carboxylic acid groups (broad SMARTS) is 2. The van der Waals surface area contributed by atoms with Crippen LogP contribution < -0.4 is 0 Å². The van der Waals surface area contributed by atoms with Crippen molar-refractivity contribution in [3.05, 3.63) is 115 Å². The zero-order chi connectivity index (χ0) is 21.8. The van der Waals surface area contributed by atoms with Gasteiger partial charge in [-0.15, -0.1) is 0 Å². The van der Waals surface area contributed by atoms with Gasteiger partial charge in [0.2, 0.25) is 0 Å². The molecular weight excluding hydrogens is 376 g/mol. The van der Waals surface area contributed by atoms with E-state index in [1.165, 1.54) is 10.8 Å². The van der Waals surface area contributed by atoms with E-state index in [-0.39, 0.29) is 0 Å². The molecule has 0 saturated carbocycles. The Morgan fingerprint density at radius 3 is 1.53 bits per heavy atom. The topological polar surface area (TPSA) is 74.6 Å². The summed E-state index contributed by atoms with van der Waals surface area (Å²) in [4.78, 5) is 19.7. The summed E-state index contributed by atoms with van der Waals surface area (Å²) in [5.41, 5.74) is 0.926. The average Bonchev–Trinajstić information content (AvgIpc) is 2.78.